The minimum Gasteiger partial charge on any atom is -0.495 e. The van der Waals surface area contributed by atoms with Crippen LogP contribution in [0.1, 0.15) is 23.1 Å². The summed E-state index contributed by atoms with van der Waals surface area (Å²) in [4.78, 5) is 30.7. The third-order valence-electron chi connectivity index (χ3n) is 4.39. The molecular formula is C21H18N4O4S. The van der Waals surface area contributed by atoms with E-state index >= 15 is 0 Å². The van der Waals surface area contributed by atoms with Gasteiger partial charge >= 0.3 is 5.97 Å². The number of carbonyl (C=O) groups is 2. The van der Waals surface area contributed by atoms with E-state index in [2.05, 4.69) is 15.2 Å². The lowest BCUT2D eigenvalue weighted by Crippen LogP contribution is -2.23. The Morgan fingerprint density at radius 1 is 1.13 bits per heavy atom. The number of hydrogen-bond acceptors (Lipinski definition) is 7. The van der Waals surface area contributed by atoms with Gasteiger partial charge in [0, 0.05) is 17.7 Å². The molecule has 0 saturated carbocycles. The number of H-pyrrole nitrogens is 1. The molecule has 0 unspecified atom stereocenters. The molecule has 4 rings (SSSR count). The first-order chi connectivity index (χ1) is 14.6. The topological polar surface area (TPSA) is 97.4 Å². The van der Waals surface area contributed by atoms with E-state index in [1.165, 1.54) is 23.2 Å². The average Bonchev–Trinajstić information content (AvgIpc) is 3.39. The maximum absolute atomic E-state index is 12.4. The molecule has 0 aliphatic carbocycles. The second-order valence-corrected chi connectivity index (χ2v) is 7.18. The molecule has 2 aromatic carbocycles. The van der Waals surface area contributed by atoms with Crippen molar-refractivity contribution in [2.75, 3.05) is 12.0 Å². The molecule has 4 aromatic rings. The van der Waals surface area contributed by atoms with Crippen LogP contribution in [0.4, 0.5) is 10.8 Å². The number of para-hydroxylation sites is 3. The smallest absolute Gasteiger partial charge is 0.359 e. The molecule has 152 valence electrons. The zero-order valence-corrected chi connectivity index (χ0v) is 17.1. The molecule has 0 bridgehead atoms. The quantitative estimate of drug-likeness (QED) is 0.471. The standard InChI is InChI=1S/C21H18N4O4S/c1-13(26)25(17-9-5-6-10-18(17)28-2)21-22-14(12-30-21)11-29-20(27)19-15-7-3-4-8-16(15)23-24-19/h3-10,12H,11H2,1-2H3,(H,23,24). The molecule has 0 radical (unpaired) electrons. The molecule has 2 aromatic heterocycles. The van der Waals surface area contributed by atoms with Gasteiger partial charge in [-0.2, -0.15) is 5.10 Å². The number of fused-ring (bicyclic) bond motifs is 1. The number of amides is 1. The van der Waals surface area contributed by atoms with Crippen molar-refractivity contribution in [1.82, 2.24) is 15.2 Å². The Bertz CT molecular complexity index is 1220. The van der Waals surface area contributed by atoms with Gasteiger partial charge in [-0.15, -0.1) is 11.3 Å². The van der Waals surface area contributed by atoms with Crippen LogP contribution in [0.5, 0.6) is 5.75 Å². The predicted octanol–water partition coefficient (Wildman–Crippen LogP) is 4.07. The summed E-state index contributed by atoms with van der Waals surface area (Å²) in [6, 6.07) is 14.5. The van der Waals surface area contributed by atoms with Crippen LogP contribution < -0.4 is 9.64 Å². The Labute approximate surface area is 176 Å². The number of thiazole rings is 1. The highest BCUT2D eigenvalue weighted by molar-refractivity contribution is 7.14. The van der Waals surface area contributed by atoms with Gasteiger partial charge in [0.15, 0.2) is 10.8 Å². The summed E-state index contributed by atoms with van der Waals surface area (Å²) >= 11 is 1.28. The zero-order valence-electron chi connectivity index (χ0n) is 16.3. The van der Waals surface area contributed by atoms with Gasteiger partial charge in [-0.05, 0) is 18.2 Å². The summed E-state index contributed by atoms with van der Waals surface area (Å²) < 4.78 is 10.7. The van der Waals surface area contributed by atoms with E-state index in [0.717, 1.165) is 5.52 Å². The maximum atomic E-state index is 12.4. The number of nitrogens with one attached hydrogen (secondary N) is 1. The molecule has 0 aliphatic rings. The van der Waals surface area contributed by atoms with Crippen LogP contribution in [0.15, 0.2) is 53.9 Å². The van der Waals surface area contributed by atoms with Gasteiger partial charge < -0.3 is 9.47 Å². The first-order valence-electron chi connectivity index (χ1n) is 9.07. The van der Waals surface area contributed by atoms with E-state index in [1.807, 2.05) is 30.3 Å². The van der Waals surface area contributed by atoms with Crippen LogP contribution in [-0.2, 0) is 16.1 Å². The van der Waals surface area contributed by atoms with Crippen LogP contribution in [-0.4, -0.2) is 34.2 Å². The highest BCUT2D eigenvalue weighted by Crippen LogP contribution is 2.35. The van der Waals surface area contributed by atoms with Crippen molar-refractivity contribution in [3.8, 4) is 5.75 Å². The summed E-state index contributed by atoms with van der Waals surface area (Å²) in [5.74, 6) is -0.197. The van der Waals surface area contributed by atoms with E-state index < -0.39 is 5.97 Å². The first kappa shape index (κ1) is 19.6. The summed E-state index contributed by atoms with van der Waals surface area (Å²) in [7, 11) is 1.54. The average molecular weight is 422 g/mol. The van der Waals surface area contributed by atoms with Crippen molar-refractivity contribution >= 4 is 44.9 Å². The van der Waals surface area contributed by atoms with Crippen molar-refractivity contribution in [1.29, 1.82) is 0 Å². The number of hydrogen-bond donors (Lipinski definition) is 1. The lowest BCUT2D eigenvalue weighted by atomic mass is 10.2. The van der Waals surface area contributed by atoms with Crippen molar-refractivity contribution in [3.05, 3.63) is 65.3 Å². The Hall–Kier alpha value is -3.72. The lowest BCUT2D eigenvalue weighted by molar-refractivity contribution is -0.115. The first-order valence-corrected chi connectivity index (χ1v) is 9.95. The number of aromatic amines is 1. The Morgan fingerprint density at radius 2 is 1.90 bits per heavy atom. The number of carbonyl (C=O) groups excluding carboxylic acids is 2. The minimum absolute atomic E-state index is 0.0335. The molecule has 1 amide bonds. The van der Waals surface area contributed by atoms with Gasteiger partial charge in [0.25, 0.3) is 0 Å². The van der Waals surface area contributed by atoms with Crippen LogP contribution in [0.25, 0.3) is 10.9 Å². The summed E-state index contributed by atoms with van der Waals surface area (Å²) in [5.41, 5.74) is 2.10. The maximum Gasteiger partial charge on any atom is 0.359 e. The summed E-state index contributed by atoms with van der Waals surface area (Å²) in [6.45, 7) is 1.42. The van der Waals surface area contributed by atoms with E-state index in [9.17, 15) is 9.59 Å². The number of methoxy groups -OCH3 is 1. The summed E-state index contributed by atoms with van der Waals surface area (Å²) in [6.07, 6.45) is 0. The minimum atomic E-state index is -0.546. The number of ether oxygens (including phenoxy) is 2. The van der Waals surface area contributed by atoms with Crippen LogP contribution in [0, 0.1) is 0 Å². The zero-order chi connectivity index (χ0) is 21.1. The molecule has 8 nitrogen and oxygen atoms in total. The van der Waals surface area contributed by atoms with E-state index in [4.69, 9.17) is 9.47 Å². The van der Waals surface area contributed by atoms with Crippen molar-refractivity contribution in [2.45, 2.75) is 13.5 Å². The van der Waals surface area contributed by atoms with E-state index in [0.29, 0.717) is 27.6 Å². The van der Waals surface area contributed by atoms with Crippen LogP contribution in [0.3, 0.4) is 0 Å². The third kappa shape index (κ3) is 3.74. The van der Waals surface area contributed by atoms with Crippen molar-refractivity contribution in [3.63, 3.8) is 0 Å². The van der Waals surface area contributed by atoms with Gasteiger partial charge in [0.1, 0.15) is 12.4 Å². The molecular weight excluding hydrogens is 404 g/mol. The second-order valence-electron chi connectivity index (χ2n) is 6.34. The second kappa shape index (κ2) is 8.34. The molecule has 0 atom stereocenters. The van der Waals surface area contributed by atoms with Crippen molar-refractivity contribution in [2.24, 2.45) is 0 Å². The molecule has 0 aliphatic heterocycles. The molecule has 0 spiro atoms. The Morgan fingerprint density at radius 3 is 2.70 bits per heavy atom. The number of anilines is 2. The number of benzene rings is 2. The van der Waals surface area contributed by atoms with Crippen LogP contribution >= 0.6 is 11.3 Å². The Balaban J connectivity index is 1.52. The van der Waals surface area contributed by atoms with Crippen LogP contribution in [0.2, 0.25) is 0 Å². The highest BCUT2D eigenvalue weighted by atomic mass is 32.1. The predicted molar refractivity (Wildman–Crippen MR) is 113 cm³/mol. The number of aromatic nitrogens is 3. The molecule has 1 N–H and O–H groups in total. The fourth-order valence-electron chi connectivity index (χ4n) is 3.01. The normalized spacial score (nSPS) is 10.7. The fourth-order valence-corrected chi connectivity index (χ4v) is 3.88. The fraction of sp³-hybridized carbons (Fsp3) is 0.143. The van der Waals surface area contributed by atoms with Gasteiger partial charge in [-0.3, -0.25) is 14.8 Å². The van der Waals surface area contributed by atoms with E-state index in [1.54, 1.807) is 30.7 Å². The lowest BCUT2D eigenvalue weighted by Gasteiger charge is -2.20. The monoisotopic (exact) mass is 422 g/mol. The van der Waals surface area contributed by atoms with E-state index in [-0.39, 0.29) is 18.2 Å². The number of esters is 1. The molecule has 0 fully saturated rings. The Kier molecular flexibility index (Phi) is 5.44. The molecule has 2 heterocycles. The largest absolute Gasteiger partial charge is 0.495 e. The molecule has 0 saturated heterocycles. The van der Waals surface area contributed by atoms with Gasteiger partial charge in [-0.25, -0.2) is 9.78 Å². The van der Waals surface area contributed by atoms with Gasteiger partial charge in [0.2, 0.25) is 5.91 Å². The SMILES string of the molecule is COc1ccccc1N(C(C)=O)c1nc(COC(=O)c2n[nH]c3ccccc23)cs1. The number of rotatable bonds is 6. The summed E-state index contributed by atoms with van der Waals surface area (Å²) in [5, 5.41) is 9.75. The molecule has 30 heavy (non-hydrogen) atoms. The number of nitrogens with zero attached hydrogens (tertiary/aromatic N) is 3. The third-order valence-corrected chi connectivity index (χ3v) is 5.26. The van der Waals surface area contributed by atoms with Crippen molar-refractivity contribution < 1.29 is 19.1 Å². The van der Waals surface area contributed by atoms with Gasteiger partial charge in [-0.1, -0.05) is 30.3 Å². The molecule has 9 heteroatoms. The van der Waals surface area contributed by atoms with Gasteiger partial charge in [0.05, 0.1) is 24.0 Å². The highest BCUT2D eigenvalue weighted by Gasteiger charge is 2.22.